The minimum absolute atomic E-state index is 0.126. The van der Waals surface area contributed by atoms with E-state index in [1.165, 1.54) is 11.3 Å². The summed E-state index contributed by atoms with van der Waals surface area (Å²) >= 11 is 1.48. The van der Waals surface area contributed by atoms with Crippen molar-refractivity contribution in [3.63, 3.8) is 0 Å². The van der Waals surface area contributed by atoms with Crippen LogP contribution in [-0.2, 0) is 9.59 Å². The van der Waals surface area contributed by atoms with E-state index in [0.29, 0.717) is 17.9 Å². The lowest BCUT2D eigenvalue weighted by atomic mass is 9.96. The molecule has 3 rings (SSSR count). The standard InChI is InChI=1S/C22H25NO4S/c1-5-6-9-23-19(17-8-7-10-28-17)18(21(25)22(23)26)20(24)15-11-14(3)16(27-4)12-13(15)2/h7-8,10-12,19,24H,5-6,9H2,1-4H3/b20-18-. The summed E-state index contributed by atoms with van der Waals surface area (Å²) in [5.74, 6) is -0.581. The number of aryl methyl sites for hydroxylation is 2. The van der Waals surface area contributed by atoms with Gasteiger partial charge in [0.2, 0.25) is 0 Å². The fourth-order valence-corrected chi connectivity index (χ4v) is 4.44. The van der Waals surface area contributed by atoms with Crippen LogP contribution in [0.3, 0.4) is 0 Å². The number of likely N-dealkylation sites (tertiary alicyclic amines) is 1. The Morgan fingerprint density at radius 2 is 2.00 bits per heavy atom. The van der Waals surface area contributed by atoms with Crippen LogP contribution in [0.4, 0.5) is 0 Å². The number of Topliss-reactive ketones (excluding diaryl/α,β-unsaturated/α-hetero) is 1. The van der Waals surface area contributed by atoms with E-state index in [0.717, 1.165) is 28.8 Å². The summed E-state index contributed by atoms with van der Waals surface area (Å²) < 4.78 is 5.34. The molecule has 6 heteroatoms. The number of carbonyl (C=O) groups excluding carboxylic acids is 2. The average Bonchev–Trinajstić information content (AvgIpc) is 3.29. The highest BCUT2D eigenvalue weighted by Gasteiger charge is 2.46. The van der Waals surface area contributed by atoms with Crippen molar-refractivity contribution in [2.24, 2.45) is 0 Å². The maximum atomic E-state index is 12.9. The van der Waals surface area contributed by atoms with E-state index >= 15 is 0 Å². The lowest BCUT2D eigenvalue weighted by Crippen LogP contribution is -2.30. The van der Waals surface area contributed by atoms with Gasteiger partial charge in [0.15, 0.2) is 0 Å². The quantitative estimate of drug-likeness (QED) is 0.438. The molecule has 1 unspecified atom stereocenters. The fourth-order valence-electron chi connectivity index (χ4n) is 3.59. The van der Waals surface area contributed by atoms with Crippen LogP contribution < -0.4 is 4.74 Å². The molecule has 0 spiro atoms. The second kappa shape index (κ2) is 8.19. The molecule has 2 aromatic rings. The molecular formula is C22H25NO4S. The number of nitrogens with zero attached hydrogens (tertiary/aromatic N) is 1. The first-order valence-corrected chi connectivity index (χ1v) is 10.3. The minimum Gasteiger partial charge on any atom is -0.507 e. The maximum absolute atomic E-state index is 12.9. The minimum atomic E-state index is -0.625. The monoisotopic (exact) mass is 399 g/mol. The van der Waals surface area contributed by atoms with Crippen LogP contribution in [0.1, 0.15) is 47.4 Å². The summed E-state index contributed by atoms with van der Waals surface area (Å²) in [5.41, 5.74) is 2.34. The smallest absolute Gasteiger partial charge is 0.295 e. The number of amides is 1. The molecule has 0 bridgehead atoms. The van der Waals surface area contributed by atoms with E-state index in [2.05, 4.69) is 0 Å². The second-order valence-electron chi connectivity index (χ2n) is 7.00. The highest BCUT2D eigenvalue weighted by atomic mass is 32.1. The molecule has 1 N–H and O–H groups in total. The van der Waals surface area contributed by atoms with Gasteiger partial charge in [0.05, 0.1) is 18.7 Å². The third kappa shape index (κ3) is 3.44. The number of hydrogen-bond donors (Lipinski definition) is 1. The van der Waals surface area contributed by atoms with Crippen LogP contribution in [-0.4, -0.2) is 35.4 Å². The molecule has 0 saturated carbocycles. The molecule has 1 fully saturated rings. The van der Waals surface area contributed by atoms with Crippen molar-refractivity contribution < 1.29 is 19.4 Å². The van der Waals surface area contributed by atoms with Crippen LogP contribution in [0.2, 0.25) is 0 Å². The Bertz CT molecular complexity index is 930. The predicted molar refractivity (Wildman–Crippen MR) is 111 cm³/mol. The summed E-state index contributed by atoms with van der Waals surface area (Å²) in [6.07, 6.45) is 1.71. The topological polar surface area (TPSA) is 66.8 Å². The van der Waals surface area contributed by atoms with Gasteiger partial charge in [-0.2, -0.15) is 0 Å². The van der Waals surface area contributed by atoms with Crippen molar-refractivity contribution in [3.8, 4) is 5.75 Å². The number of carbonyl (C=O) groups is 2. The van der Waals surface area contributed by atoms with E-state index in [1.807, 2.05) is 44.4 Å². The number of ketones is 1. The number of thiophene rings is 1. The summed E-state index contributed by atoms with van der Waals surface area (Å²) in [5, 5.41) is 13.0. The number of methoxy groups -OCH3 is 1. The Labute approximate surface area is 169 Å². The van der Waals surface area contributed by atoms with Gasteiger partial charge in [0, 0.05) is 17.0 Å². The van der Waals surface area contributed by atoms with Crippen LogP contribution >= 0.6 is 11.3 Å². The third-order valence-electron chi connectivity index (χ3n) is 5.10. The van der Waals surface area contributed by atoms with E-state index in [4.69, 9.17) is 4.74 Å². The van der Waals surface area contributed by atoms with Crippen LogP contribution in [0.25, 0.3) is 5.76 Å². The lowest BCUT2D eigenvalue weighted by molar-refractivity contribution is -0.139. The molecule has 1 amide bonds. The molecular weight excluding hydrogens is 374 g/mol. The second-order valence-corrected chi connectivity index (χ2v) is 7.98. The number of hydrogen-bond acceptors (Lipinski definition) is 5. The van der Waals surface area contributed by atoms with Crippen molar-refractivity contribution >= 4 is 28.8 Å². The van der Waals surface area contributed by atoms with Crippen molar-refractivity contribution in [3.05, 3.63) is 56.8 Å². The van der Waals surface area contributed by atoms with E-state index in [9.17, 15) is 14.7 Å². The highest BCUT2D eigenvalue weighted by molar-refractivity contribution is 7.10. The Morgan fingerprint density at radius 1 is 1.25 bits per heavy atom. The normalized spacial score (nSPS) is 18.7. The van der Waals surface area contributed by atoms with Gasteiger partial charge in [0.25, 0.3) is 11.7 Å². The largest absolute Gasteiger partial charge is 0.507 e. The lowest BCUT2D eigenvalue weighted by Gasteiger charge is -2.24. The van der Waals surface area contributed by atoms with Gasteiger partial charge in [-0.1, -0.05) is 19.4 Å². The number of aliphatic hydroxyl groups excluding tert-OH is 1. The van der Waals surface area contributed by atoms with Gasteiger partial charge in [-0.05, 0) is 55.0 Å². The van der Waals surface area contributed by atoms with Gasteiger partial charge >= 0.3 is 0 Å². The molecule has 1 aromatic carbocycles. The Kier molecular flexibility index (Phi) is 5.89. The van der Waals surface area contributed by atoms with E-state index < -0.39 is 17.7 Å². The summed E-state index contributed by atoms with van der Waals surface area (Å²) in [6.45, 7) is 6.26. The zero-order chi connectivity index (χ0) is 20.4. The van der Waals surface area contributed by atoms with E-state index in [-0.39, 0.29) is 11.3 Å². The average molecular weight is 400 g/mol. The molecule has 0 aliphatic carbocycles. The van der Waals surface area contributed by atoms with Crippen LogP contribution in [0.5, 0.6) is 5.75 Å². The van der Waals surface area contributed by atoms with Crippen LogP contribution in [0.15, 0.2) is 35.2 Å². The molecule has 148 valence electrons. The first-order valence-electron chi connectivity index (χ1n) is 9.38. The molecule has 2 heterocycles. The maximum Gasteiger partial charge on any atom is 0.295 e. The Balaban J connectivity index is 2.18. The molecule has 1 aromatic heterocycles. The number of unbranched alkanes of at least 4 members (excludes halogenated alkanes) is 1. The van der Waals surface area contributed by atoms with Gasteiger partial charge < -0.3 is 14.7 Å². The first-order chi connectivity index (χ1) is 13.4. The number of rotatable bonds is 6. The molecule has 1 saturated heterocycles. The zero-order valence-corrected chi connectivity index (χ0v) is 17.4. The SMILES string of the molecule is CCCCN1C(=O)C(=O)/C(=C(\O)c2cc(C)c(OC)cc2C)C1c1cccs1. The highest BCUT2D eigenvalue weighted by Crippen LogP contribution is 2.42. The molecule has 0 radical (unpaired) electrons. The fraction of sp³-hybridized carbons (Fsp3) is 0.364. The van der Waals surface area contributed by atoms with Gasteiger partial charge in [-0.25, -0.2) is 0 Å². The van der Waals surface area contributed by atoms with Crippen molar-refractivity contribution in [1.82, 2.24) is 4.90 Å². The number of aliphatic hydroxyl groups is 1. The van der Waals surface area contributed by atoms with Crippen LogP contribution in [0, 0.1) is 13.8 Å². The molecule has 1 aliphatic rings. The van der Waals surface area contributed by atoms with E-state index in [1.54, 1.807) is 18.1 Å². The molecule has 5 nitrogen and oxygen atoms in total. The van der Waals surface area contributed by atoms with Crippen molar-refractivity contribution in [2.75, 3.05) is 13.7 Å². The Hall–Kier alpha value is -2.60. The van der Waals surface area contributed by atoms with Gasteiger partial charge in [-0.3, -0.25) is 9.59 Å². The first kappa shape index (κ1) is 20.1. The molecule has 1 atom stereocenters. The summed E-state index contributed by atoms with van der Waals surface area (Å²) in [4.78, 5) is 28.1. The molecule has 28 heavy (non-hydrogen) atoms. The summed E-state index contributed by atoms with van der Waals surface area (Å²) in [6, 6.07) is 6.88. The Morgan fingerprint density at radius 3 is 2.61 bits per heavy atom. The van der Waals surface area contributed by atoms with Crippen molar-refractivity contribution in [1.29, 1.82) is 0 Å². The number of benzene rings is 1. The van der Waals surface area contributed by atoms with Gasteiger partial charge in [0.1, 0.15) is 11.5 Å². The molecule has 1 aliphatic heterocycles. The third-order valence-corrected chi connectivity index (χ3v) is 6.03. The van der Waals surface area contributed by atoms with Crippen molar-refractivity contribution in [2.45, 2.75) is 39.7 Å². The summed E-state index contributed by atoms with van der Waals surface area (Å²) in [7, 11) is 1.59. The number of ether oxygens (including phenoxy) is 1. The predicted octanol–water partition coefficient (Wildman–Crippen LogP) is 4.60. The zero-order valence-electron chi connectivity index (χ0n) is 16.6. The van der Waals surface area contributed by atoms with Gasteiger partial charge in [-0.15, -0.1) is 11.3 Å².